The van der Waals surface area contributed by atoms with E-state index in [4.69, 9.17) is 15.3 Å². The summed E-state index contributed by atoms with van der Waals surface area (Å²) < 4.78 is 5.22. The third kappa shape index (κ3) is 3.22. The summed E-state index contributed by atoms with van der Waals surface area (Å²) in [6.45, 7) is 3.50. The van der Waals surface area contributed by atoms with Crippen molar-refractivity contribution in [3.63, 3.8) is 0 Å². The van der Waals surface area contributed by atoms with Crippen molar-refractivity contribution in [1.29, 1.82) is 0 Å². The minimum atomic E-state index is -0.150. The SMILES string of the molecule is C=CC[C@@H](N)c1ccc(CO)o1.Cl. The number of nitrogens with two attached hydrogens (primary N) is 1. The van der Waals surface area contributed by atoms with Crippen molar-refractivity contribution >= 4 is 12.4 Å². The van der Waals surface area contributed by atoms with Crippen molar-refractivity contribution in [3.8, 4) is 0 Å². The monoisotopic (exact) mass is 203 g/mol. The van der Waals surface area contributed by atoms with Crippen LogP contribution in [0.15, 0.2) is 29.2 Å². The highest BCUT2D eigenvalue weighted by Gasteiger charge is 2.08. The molecule has 1 aromatic heterocycles. The van der Waals surface area contributed by atoms with Gasteiger partial charge in [-0.25, -0.2) is 0 Å². The predicted octanol–water partition coefficient (Wildman–Crippen LogP) is 1.77. The average molecular weight is 204 g/mol. The maximum absolute atomic E-state index is 8.71. The standard InChI is InChI=1S/C9H13NO2.ClH/c1-2-3-8(10)9-5-4-7(6-11)12-9;/h2,4-5,8,11H,1,3,6,10H2;1H/t8-;/m1./s1. The van der Waals surface area contributed by atoms with Crippen LogP contribution in [0.1, 0.15) is 24.0 Å². The summed E-state index contributed by atoms with van der Waals surface area (Å²) >= 11 is 0. The molecule has 3 N–H and O–H groups in total. The summed E-state index contributed by atoms with van der Waals surface area (Å²) in [5, 5.41) is 8.71. The minimum absolute atomic E-state index is 0. The van der Waals surface area contributed by atoms with Gasteiger partial charge in [-0.2, -0.15) is 0 Å². The summed E-state index contributed by atoms with van der Waals surface area (Å²) in [6.07, 6.45) is 2.42. The van der Waals surface area contributed by atoms with E-state index in [9.17, 15) is 0 Å². The Labute approximate surface area is 83.6 Å². The number of aliphatic hydroxyl groups is 1. The summed E-state index contributed by atoms with van der Waals surface area (Å²) in [5.74, 6) is 1.24. The van der Waals surface area contributed by atoms with Crippen LogP contribution in [0.3, 0.4) is 0 Å². The molecule has 0 aliphatic rings. The highest BCUT2D eigenvalue weighted by molar-refractivity contribution is 5.85. The fourth-order valence-electron chi connectivity index (χ4n) is 0.974. The summed E-state index contributed by atoms with van der Waals surface area (Å²) in [7, 11) is 0. The van der Waals surface area contributed by atoms with Gasteiger partial charge in [0.25, 0.3) is 0 Å². The van der Waals surface area contributed by atoms with Crippen LogP contribution in [-0.4, -0.2) is 5.11 Å². The van der Waals surface area contributed by atoms with E-state index in [-0.39, 0.29) is 25.1 Å². The van der Waals surface area contributed by atoms with Gasteiger partial charge in [-0.05, 0) is 18.6 Å². The molecule has 1 aromatic rings. The Hall–Kier alpha value is -0.770. The van der Waals surface area contributed by atoms with Crippen molar-refractivity contribution < 1.29 is 9.52 Å². The molecule has 0 saturated heterocycles. The summed E-state index contributed by atoms with van der Waals surface area (Å²) in [5.41, 5.74) is 5.73. The number of hydrogen-bond acceptors (Lipinski definition) is 3. The Morgan fingerprint density at radius 2 is 2.31 bits per heavy atom. The molecule has 0 fully saturated rings. The molecule has 3 nitrogen and oxygen atoms in total. The zero-order valence-electron chi connectivity index (χ0n) is 7.27. The lowest BCUT2D eigenvalue weighted by Crippen LogP contribution is -2.07. The highest BCUT2D eigenvalue weighted by atomic mass is 35.5. The Balaban J connectivity index is 0.00000144. The van der Waals surface area contributed by atoms with Crippen LogP contribution in [0, 0.1) is 0 Å². The summed E-state index contributed by atoms with van der Waals surface area (Å²) in [6, 6.07) is 3.35. The van der Waals surface area contributed by atoms with Crippen LogP contribution in [0.25, 0.3) is 0 Å². The van der Waals surface area contributed by atoms with Gasteiger partial charge < -0.3 is 15.3 Å². The molecule has 74 valence electrons. The van der Waals surface area contributed by atoms with Crippen LogP contribution in [-0.2, 0) is 6.61 Å². The summed E-state index contributed by atoms with van der Waals surface area (Å²) in [4.78, 5) is 0. The first-order chi connectivity index (χ1) is 5.77. The Kier molecular flexibility index (Phi) is 5.46. The van der Waals surface area contributed by atoms with Crippen molar-refractivity contribution in [2.75, 3.05) is 0 Å². The molecule has 4 heteroatoms. The van der Waals surface area contributed by atoms with Crippen LogP contribution in [0.4, 0.5) is 0 Å². The number of halogens is 1. The molecular weight excluding hydrogens is 190 g/mol. The lowest BCUT2D eigenvalue weighted by atomic mass is 10.2. The molecule has 0 radical (unpaired) electrons. The molecular formula is C9H14ClNO2. The topological polar surface area (TPSA) is 59.4 Å². The van der Waals surface area contributed by atoms with Gasteiger partial charge in [0.05, 0.1) is 6.04 Å². The van der Waals surface area contributed by atoms with Gasteiger partial charge in [-0.15, -0.1) is 19.0 Å². The molecule has 0 unspecified atom stereocenters. The van der Waals surface area contributed by atoms with Gasteiger partial charge in [0.2, 0.25) is 0 Å². The van der Waals surface area contributed by atoms with E-state index < -0.39 is 0 Å². The molecule has 0 amide bonds. The Morgan fingerprint density at radius 3 is 2.77 bits per heavy atom. The van der Waals surface area contributed by atoms with Gasteiger partial charge in [0.1, 0.15) is 18.1 Å². The van der Waals surface area contributed by atoms with E-state index in [2.05, 4.69) is 6.58 Å². The van der Waals surface area contributed by atoms with Crippen molar-refractivity contribution in [2.24, 2.45) is 5.73 Å². The van der Waals surface area contributed by atoms with E-state index in [0.29, 0.717) is 17.9 Å². The molecule has 1 heterocycles. The quantitative estimate of drug-likeness (QED) is 0.734. The van der Waals surface area contributed by atoms with Crippen LogP contribution in [0.2, 0.25) is 0 Å². The second kappa shape index (κ2) is 5.80. The largest absolute Gasteiger partial charge is 0.462 e. The average Bonchev–Trinajstić information content (AvgIpc) is 2.52. The first kappa shape index (κ1) is 12.2. The second-order valence-electron chi connectivity index (χ2n) is 2.59. The van der Waals surface area contributed by atoms with Crippen molar-refractivity contribution in [1.82, 2.24) is 0 Å². The third-order valence-corrected chi connectivity index (χ3v) is 1.62. The third-order valence-electron chi connectivity index (χ3n) is 1.62. The van der Waals surface area contributed by atoms with E-state index in [0.717, 1.165) is 0 Å². The van der Waals surface area contributed by atoms with E-state index in [1.165, 1.54) is 0 Å². The lowest BCUT2D eigenvalue weighted by molar-refractivity contribution is 0.241. The smallest absolute Gasteiger partial charge is 0.129 e. The van der Waals surface area contributed by atoms with Gasteiger partial charge in [-0.1, -0.05) is 6.08 Å². The zero-order chi connectivity index (χ0) is 8.97. The number of furan rings is 1. The van der Waals surface area contributed by atoms with Gasteiger partial charge in [0, 0.05) is 0 Å². The minimum Gasteiger partial charge on any atom is -0.462 e. The highest BCUT2D eigenvalue weighted by Crippen LogP contribution is 2.17. The fourth-order valence-corrected chi connectivity index (χ4v) is 0.974. The van der Waals surface area contributed by atoms with Crippen LogP contribution >= 0.6 is 12.4 Å². The van der Waals surface area contributed by atoms with Crippen LogP contribution < -0.4 is 5.73 Å². The first-order valence-corrected chi connectivity index (χ1v) is 3.84. The maximum atomic E-state index is 8.71. The predicted molar refractivity (Wildman–Crippen MR) is 53.6 cm³/mol. The molecule has 0 aromatic carbocycles. The van der Waals surface area contributed by atoms with Crippen molar-refractivity contribution in [2.45, 2.75) is 19.1 Å². The normalized spacial score (nSPS) is 11.8. The van der Waals surface area contributed by atoms with Gasteiger partial charge >= 0.3 is 0 Å². The number of hydrogen-bond donors (Lipinski definition) is 2. The van der Waals surface area contributed by atoms with Crippen LogP contribution in [0.5, 0.6) is 0 Å². The number of rotatable bonds is 4. The van der Waals surface area contributed by atoms with E-state index in [1.807, 2.05) is 0 Å². The lowest BCUT2D eigenvalue weighted by Gasteiger charge is -2.03. The molecule has 13 heavy (non-hydrogen) atoms. The Bertz CT molecular complexity index is 260. The van der Waals surface area contributed by atoms with E-state index in [1.54, 1.807) is 18.2 Å². The second-order valence-corrected chi connectivity index (χ2v) is 2.59. The zero-order valence-corrected chi connectivity index (χ0v) is 8.09. The number of aliphatic hydroxyl groups excluding tert-OH is 1. The molecule has 0 aliphatic carbocycles. The van der Waals surface area contributed by atoms with Gasteiger partial charge in [0.15, 0.2) is 0 Å². The van der Waals surface area contributed by atoms with Crippen molar-refractivity contribution in [3.05, 3.63) is 36.3 Å². The Morgan fingerprint density at radius 1 is 1.62 bits per heavy atom. The van der Waals surface area contributed by atoms with Gasteiger partial charge in [-0.3, -0.25) is 0 Å². The molecule has 0 spiro atoms. The fraction of sp³-hybridized carbons (Fsp3) is 0.333. The molecule has 1 atom stereocenters. The van der Waals surface area contributed by atoms with E-state index >= 15 is 0 Å². The molecule has 1 rings (SSSR count). The molecule has 0 bridgehead atoms. The molecule has 0 aliphatic heterocycles. The first-order valence-electron chi connectivity index (χ1n) is 3.84. The maximum Gasteiger partial charge on any atom is 0.129 e. The molecule has 0 saturated carbocycles.